The summed E-state index contributed by atoms with van der Waals surface area (Å²) in [4.78, 5) is 17.2. The lowest BCUT2D eigenvalue weighted by atomic mass is 10.1. The highest BCUT2D eigenvalue weighted by atomic mass is 35.5. The van der Waals surface area contributed by atoms with Gasteiger partial charge in [0.25, 0.3) is 11.8 Å². The second kappa shape index (κ2) is 8.23. The molecule has 0 unspecified atom stereocenters. The van der Waals surface area contributed by atoms with Crippen LogP contribution in [0.2, 0.25) is 5.02 Å². The van der Waals surface area contributed by atoms with Crippen molar-refractivity contribution in [3.05, 3.63) is 40.6 Å². The molecule has 1 N–H and O–H groups in total. The van der Waals surface area contributed by atoms with E-state index in [0.717, 1.165) is 12.1 Å². The number of hydrogen-bond donors (Lipinski definition) is 1. The monoisotopic (exact) mass is 449 g/mol. The molecule has 12 heteroatoms. The third-order valence-electron chi connectivity index (χ3n) is 5.14. The summed E-state index contributed by atoms with van der Waals surface area (Å²) in [6.07, 6.45) is 1.53. The van der Waals surface area contributed by atoms with Gasteiger partial charge in [-0.15, -0.1) is 0 Å². The summed E-state index contributed by atoms with van der Waals surface area (Å²) < 4.78 is 38.9. The zero-order valence-electron chi connectivity index (χ0n) is 16.3. The molecule has 0 aliphatic carbocycles. The van der Waals surface area contributed by atoms with Crippen molar-refractivity contribution in [2.24, 2.45) is 0 Å². The van der Waals surface area contributed by atoms with Gasteiger partial charge in [0, 0.05) is 38.3 Å². The second-order valence-electron chi connectivity index (χ2n) is 7.10. The van der Waals surface area contributed by atoms with Crippen molar-refractivity contribution in [2.45, 2.75) is 6.54 Å². The Bertz CT molecular complexity index is 1110. The van der Waals surface area contributed by atoms with E-state index in [0.29, 0.717) is 62.7 Å². The summed E-state index contributed by atoms with van der Waals surface area (Å²) in [6, 6.07) is 2.07. The highest BCUT2D eigenvalue weighted by Gasteiger charge is 2.25. The van der Waals surface area contributed by atoms with Crippen molar-refractivity contribution < 1.29 is 18.0 Å². The Morgan fingerprint density at radius 3 is 2.74 bits per heavy atom. The SMILES string of the molecule is Fc1ccc(F)c(CN2CCNc3ncc(-c4nc(N5CCOCC5)no4)nc32)c1Cl. The van der Waals surface area contributed by atoms with Crippen LogP contribution in [-0.2, 0) is 11.3 Å². The second-order valence-corrected chi connectivity index (χ2v) is 7.47. The molecule has 1 fully saturated rings. The molecular weight excluding hydrogens is 432 g/mol. The zero-order valence-corrected chi connectivity index (χ0v) is 17.1. The first-order valence-electron chi connectivity index (χ1n) is 9.75. The molecule has 0 saturated carbocycles. The first-order chi connectivity index (χ1) is 15.1. The van der Waals surface area contributed by atoms with Crippen molar-refractivity contribution in [2.75, 3.05) is 54.5 Å². The van der Waals surface area contributed by atoms with E-state index in [2.05, 4.69) is 25.4 Å². The number of aromatic nitrogens is 4. The number of anilines is 3. The molecule has 162 valence electrons. The molecule has 3 aromatic rings. The van der Waals surface area contributed by atoms with Crippen molar-refractivity contribution in [3.63, 3.8) is 0 Å². The number of nitrogens with zero attached hydrogens (tertiary/aromatic N) is 6. The van der Waals surface area contributed by atoms with Gasteiger partial charge in [0.2, 0.25) is 0 Å². The van der Waals surface area contributed by atoms with E-state index in [1.54, 1.807) is 4.90 Å². The first kappa shape index (κ1) is 19.9. The predicted octanol–water partition coefficient (Wildman–Crippen LogP) is 2.73. The highest BCUT2D eigenvalue weighted by molar-refractivity contribution is 6.31. The van der Waals surface area contributed by atoms with Crippen LogP contribution in [-0.4, -0.2) is 59.5 Å². The molecule has 1 aromatic carbocycles. The minimum Gasteiger partial charge on any atom is -0.378 e. The van der Waals surface area contributed by atoms with E-state index in [9.17, 15) is 8.78 Å². The Kier molecular flexibility index (Phi) is 5.28. The van der Waals surface area contributed by atoms with Gasteiger partial charge in [-0.1, -0.05) is 11.6 Å². The van der Waals surface area contributed by atoms with Gasteiger partial charge >= 0.3 is 0 Å². The third kappa shape index (κ3) is 3.86. The van der Waals surface area contributed by atoms with Crippen LogP contribution in [0.4, 0.5) is 26.4 Å². The fourth-order valence-corrected chi connectivity index (χ4v) is 3.73. The van der Waals surface area contributed by atoms with Crippen molar-refractivity contribution in [1.82, 2.24) is 20.1 Å². The Hall–Kier alpha value is -3.05. The largest absolute Gasteiger partial charge is 0.378 e. The summed E-state index contributed by atoms with van der Waals surface area (Å²) in [5, 5.41) is 6.94. The third-order valence-corrected chi connectivity index (χ3v) is 5.55. The molecule has 0 spiro atoms. The number of fused-ring (bicyclic) bond motifs is 1. The topological polar surface area (TPSA) is 92.4 Å². The lowest BCUT2D eigenvalue weighted by Crippen LogP contribution is -2.36. The van der Waals surface area contributed by atoms with Gasteiger partial charge in [-0.3, -0.25) is 0 Å². The lowest BCUT2D eigenvalue weighted by Gasteiger charge is -2.30. The van der Waals surface area contributed by atoms with Gasteiger partial charge in [-0.2, -0.15) is 4.98 Å². The van der Waals surface area contributed by atoms with Crippen LogP contribution in [0.5, 0.6) is 0 Å². The summed E-state index contributed by atoms with van der Waals surface area (Å²) in [7, 11) is 0. The van der Waals surface area contributed by atoms with Crippen LogP contribution in [0.1, 0.15) is 5.56 Å². The standard InChI is InChI=1S/C19H18ClF2N7O2/c20-15-11(12(21)1-2-13(15)22)10-29-4-3-23-16-17(29)25-14(9-24-16)18-26-19(27-31-18)28-5-7-30-8-6-28/h1-2,9H,3-8,10H2,(H,23,24). The van der Waals surface area contributed by atoms with Crippen molar-refractivity contribution >= 4 is 29.2 Å². The van der Waals surface area contributed by atoms with E-state index < -0.39 is 11.6 Å². The van der Waals surface area contributed by atoms with Gasteiger partial charge in [0.15, 0.2) is 11.6 Å². The maximum Gasteiger partial charge on any atom is 0.279 e. The molecule has 1 saturated heterocycles. The summed E-state index contributed by atoms with van der Waals surface area (Å²) in [6.45, 7) is 3.65. The maximum absolute atomic E-state index is 14.3. The normalized spacial score (nSPS) is 16.2. The smallest absolute Gasteiger partial charge is 0.279 e. The van der Waals surface area contributed by atoms with E-state index in [1.165, 1.54) is 6.20 Å². The van der Waals surface area contributed by atoms with E-state index >= 15 is 0 Å². The van der Waals surface area contributed by atoms with Gasteiger partial charge in [-0.25, -0.2) is 18.7 Å². The number of halogens is 3. The average molecular weight is 450 g/mol. The molecule has 0 radical (unpaired) electrons. The van der Waals surface area contributed by atoms with E-state index in [1.807, 2.05) is 4.90 Å². The minimum atomic E-state index is -0.672. The van der Waals surface area contributed by atoms with E-state index in [4.69, 9.17) is 20.9 Å². The van der Waals surface area contributed by atoms with Crippen LogP contribution < -0.4 is 15.1 Å². The Balaban J connectivity index is 1.44. The Morgan fingerprint density at radius 1 is 1.10 bits per heavy atom. The highest BCUT2D eigenvalue weighted by Crippen LogP contribution is 2.32. The van der Waals surface area contributed by atoms with Gasteiger partial charge in [0.05, 0.1) is 24.4 Å². The van der Waals surface area contributed by atoms with Crippen LogP contribution in [0.15, 0.2) is 22.9 Å². The Labute approximate surface area is 181 Å². The molecule has 2 aliphatic rings. The maximum atomic E-state index is 14.3. The number of hydrogen-bond acceptors (Lipinski definition) is 9. The molecular formula is C19H18ClF2N7O2. The molecule has 9 nitrogen and oxygen atoms in total. The van der Waals surface area contributed by atoms with Crippen LogP contribution in [0.25, 0.3) is 11.6 Å². The molecule has 5 rings (SSSR count). The number of nitrogens with one attached hydrogen (secondary N) is 1. The first-order valence-corrected chi connectivity index (χ1v) is 10.1. The molecule has 31 heavy (non-hydrogen) atoms. The van der Waals surface area contributed by atoms with E-state index in [-0.39, 0.29) is 23.0 Å². The molecule has 4 heterocycles. The van der Waals surface area contributed by atoms with Crippen LogP contribution >= 0.6 is 11.6 Å². The number of ether oxygens (including phenoxy) is 1. The lowest BCUT2D eigenvalue weighted by molar-refractivity contribution is 0.121. The zero-order chi connectivity index (χ0) is 21.4. The van der Waals surface area contributed by atoms with Crippen LogP contribution in [0.3, 0.4) is 0 Å². The fraction of sp³-hybridized carbons (Fsp3) is 0.368. The molecule has 2 aliphatic heterocycles. The van der Waals surface area contributed by atoms with Gasteiger partial charge < -0.3 is 24.4 Å². The molecule has 0 atom stereocenters. The summed E-state index contributed by atoms with van der Waals surface area (Å²) in [5.74, 6) is 0.418. The predicted molar refractivity (Wildman–Crippen MR) is 109 cm³/mol. The van der Waals surface area contributed by atoms with Crippen LogP contribution in [0, 0.1) is 11.6 Å². The molecule has 2 aromatic heterocycles. The summed E-state index contributed by atoms with van der Waals surface area (Å²) in [5.41, 5.74) is 0.444. The van der Waals surface area contributed by atoms with Crippen molar-refractivity contribution in [1.29, 1.82) is 0 Å². The minimum absolute atomic E-state index is 0.0398. The number of benzene rings is 1. The van der Waals surface area contributed by atoms with Crippen molar-refractivity contribution in [3.8, 4) is 11.6 Å². The Morgan fingerprint density at radius 2 is 1.90 bits per heavy atom. The number of morpholine rings is 1. The van der Waals surface area contributed by atoms with Gasteiger partial charge in [-0.05, 0) is 17.3 Å². The summed E-state index contributed by atoms with van der Waals surface area (Å²) >= 11 is 6.01. The molecule has 0 amide bonds. The average Bonchev–Trinajstić information content (AvgIpc) is 3.30. The van der Waals surface area contributed by atoms with Gasteiger partial charge in [0.1, 0.15) is 17.3 Å². The number of rotatable bonds is 4. The molecule has 0 bridgehead atoms. The quantitative estimate of drug-likeness (QED) is 0.603. The fourth-order valence-electron chi connectivity index (χ4n) is 3.51.